The Kier molecular flexibility index (Phi) is 9.10. The number of anilines is 1. The van der Waals surface area contributed by atoms with Gasteiger partial charge in [0.1, 0.15) is 5.75 Å². The normalized spacial score (nSPS) is 14.2. The number of ether oxygens (including phenoxy) is 2. The molecule has 9 nitrogen and oxygen atoms in total. The Balaban J connectivity index is 0.000000540. The van der Waals surface area contributed by atoms with Crippen LogP contribution < -0.4 is 14.8 Å². The molecule has 3 rings (SSSR count). The molecule has 1 aliphatic rings. The minimum Gasteiger partial charge on any atom is -0.497 e. The molecule has 0 atom stereocenters. The molecule has 2 aromatic rings. The number of sulfonamides is 1. The topological polar surface area (TPSA) is 131 Å². The molecule has 1 fully saturated rings. The van der Waals surface area contributed by atoms with E-state index in [1.807, 2.05) is 0 Å². The van der Waals surface area contributed by atoms with Crippen molar-refractivity contribution in [1.29, 1.82) is 0 Å². The van der Waals surface area contributed by atoms with Crippen molar-refractivity contribution in [1.82, 2.24) is 5.32 Å². The van der Waals surface area contributed by atoms with E-state index in [-0.39, 0.29) is 10.8 Å². The third-order valence-electron chi connectivity index (χ3n) is 5.06. The molecule has 0 unspecified atom stereocenters. The van der Waals surface area contributed by atoms with Gasteiger partial charge in [0.2, 0.25) is 5.91 Å². The molecule has 1 amide bonds. The standard InChI is InChI=1S/C20H24N2O5S.C2HF3O2/c1-26-13-12-21-19(23)20(10-11-20)15-6-8-16(9-7-15)22-28(24,25)18-5-3-4-17(14-18)27-2;3-2(4,5)1(6)7/h3-9,14,22H,10-13H2,1-2H3,(H,21,23);(H,6,7). The van der Waals surface area contributed by atoms with Crippen LogP contribution >= 0.6 is 0 Å². The van der Waals surface area contributed by atoms with Gasteiger partial charge in [-0.3, -0.25) is 9.52 Å². The average Bonchev–Trinajstić information content (AvgIpc) is 3.61. The fourth-order valence-electron chi connectivity index (χ4n) is 3.05. The molecule has 192 valence electrons. The Hall–Kier alpha value is -3.32. The smallest absolute Gasteiger partial charge is 0.490 e. The summed E-state index contributed by atoms with van der Waals surface area (Å²) >= 11 is 0. The second-order valence-electron chi connectivity index (χ2n) is 7.50. The number of aliphatic carboxylic acids is 1. The van der Waals surface area contributed by atoms with Gasteiger partial charge in [-0.15, -0.1) is 0 Å². The van der Waals surface area contributed by atoms with Crippen LogP contribution in [0.25, 0.3) is 0 Å². The molecule has 0 saturated heterocycles. The van der Waals surface area contributed by atoms with Crippen molar-refractivity contribution in [3.05, 3.63) is 54.1 Å². The summed E-state index contributed by atoms with van der Waals surface area (Å²) in [5.74, 6) is -2.31. The Morgan fingerprint density at radius 2 is 1.69 bits per heavy atom. The van der Waals surface area contributed by atoms with Crippen LogP contribution in [0.15, 0.2) is 53.4 Å². The number of methoxy groups -OCH3 is 2. The molecule has 0 radical (unpaired) electrons. The molecule has 1 aliphatic carbocycles. The number of nitrogens with one attached hydrogen (secondary N) is 2. The molecule has 0 bridgehead atoms. The van der Waals surface area contributed by atoms with E-state index in [1.165, 1.54) is 19.2 Å². The second-order valence-corrected chi connectivity index (χ2v) is 9.18. The maximum absolute atomic E-state index is 12.6. The van der Waals surface area contributed by atoms with Gasteiger partial charge in [-0.25, -0.2) is 13.2 Å². The molecular weight excluding hydrogens is 493 g/mol. The van der Waals surface area contributed by atoms with E-state index in [2.05, 4.69) is 10.0 Å². The summed E-state index contributed by atoms with van der Waals surface area (Å²) in [6.45, 7) is 0.933. The highest BCUT2D eigenvalue weighted by atomic mass is 32.2. The van der Waals surface area contributed by atoms with Crippen molar-refractivity contribution in [3.63, 3.8) is 0 Å². The molecule has 2 aromatic carbocycles. The van der Waals surface area contributed by atoms with Crippen molar-refractivity contribution in [2.24, 2.45) is 0 Å². The number of carbonyl (C=O) groups excluding carboxylic acids is 1. The van der Waals surface area contributed by atoms with Gasteiger partial charge in [-0.1, -0.05) is 18.2 Å². The van der Waals surface area contributed by atoms with Crippen LogP contribution in [0.3, 0.4) is 0 Å². The van der Waals surface area contributed by atoms with E-state index < -0.39 is 27.6 Å². The van der Waals surface area contributed by atoms with Gasteiger partial charge in [0.15, 0.2) is 0 Å². The van der Waals surface area contributed by atoms with Gasteiger partial charge < -0.3 is 19.9 Å². The largest absolute Gasteiger partial charge is 0.497 e. The quantitative estimate of drug-likeness (QED) is 0.435. The fraction of sp³-hybridized carbons (Fsp3) is 0.364. The fourth-order valence-corrected chi connectivity index (χ4v) is 4.14. The third kappa shape index (κ3) is 7.59. The van der Waals surface area contributed by atoms with Crippen molar-refractivity contribution in [2.45, 2.75) is 29.3 Å². The number of alkyl halides is 3. The lowest BCUT2D eigenvalue weighted by atomic mass is 9.95. The molecule has 35 heavy (non-hydrogen) atoms. The summed E-state index contributed by atoms with van der Waals surface area (Å²) in [6, 6.07) is 13.2. The number of amides is 1. The Bertz CT molecular complexity index is 1130. The van der Waals surface area contributed by atoms with Gasteiger partial charge in [-0.05, 0) is 42.7 Å². The van der Waals surface area contributed by atoms with Crippen molar-refractivity contribution in [3.8, 4) is 5.75 Å². The highest BCUT2D eigenvalue weighted by Crippen LogP contribution is 2.48. The van der Waals surface area contributed by atoms with Crippen LogP contribution in [-0.4, -0.2) is 58.9 Å². The van der Waals surface area contributed by atoms with Gasteiger partial charge >= 0.3 is 12.1 Å². The lowest BCUT2D eigenvalue weighted by Crippen LogP contribution is -2.36. The van der Waals surface area contributed by atoms with Gasteiger partial charge in [0.05, 0.1) is 24.0 Å². The first-order chi connectivity index (χ1) is 16.4. The monoisotopic (exact) mass is 518 g/mol. The first-order valence-electron chi connectivity index (χ1n) is 10.2. The lowest BCUT2D eigenvalue weighted by Gasteiger charge is -2.16. The number of benzene rings is 2. The van der Waals surface area contributed by atoms with E-state index in [0.717, 1.165) is 18.4 Å². The maximum Gasteiger partial charge on any atom is 0.490 e. The van der Waals surface area contributed by atoms with E-state index in [9.17, 15) is 26.4 Å². The predicted molar refractivity (Wildman–Crippen MR) is 120 cm³/mol. The van der Waals surface area contributed by atoms with Crippen LogP contribution in [-0.2, 0) is 29.8 Å². The summed E-state index contributed by atoms with van der Waals surface area (Å²) < 4.78 is 69.5. The zero-order chi connectivity index (χ0) is 26.3. The SMILES string of the molecule is COCCNC(=O)C1(c2ccc(NS(=O)(=O)c3cccc(OC)c3)cc2)CC1.O=C(O)C(F)(F)F. The van der Waals surface area contributed by atoms with E-state index in [1.54, 1.807) is 43.5 Å². The molecular formula is C22H25F3N2O7S. The molecule has 13 heteroatoms. The zero-order valence-electron chi connectivity index (χ0n) is 18.9. The molecule has 0 aromatic heterocycles. The van der Waals surface area contributed by atoms with Crippen molar-refractivity contribution in [2.75, 3.05) is 32.1 Å². The Morgan fingerprint density at radius 1 is 1.09 bits per heavy atom. The van der Waals surface area contributed by atoms with Gasteiger partial charge in [-0.2, -0.15) is 13.2 Å². The van der Waals surface area contributed by atoms with Crippen LogP contribution in [0.4, 0.5) is 18.9 Å². The van der Waals surface area contributed by atoms with Crippen molar-refractivity contribution >= 4 is 27.6 Å². The van der Waals surface area contributed by atoms with E-state index in [4.69, 9.17) is 19.4 Å². The molecule has 3 N–H and O–H groups in total. The van der Waals surface area contributed by atoms with Crippen LogP contribution in [0.1, 0.15) is 18.4 Å². The molecule has 0 heterocycles. The van der Waals surface area contributed by atoms with Gasteiger partial charge in [0.25, 0.3) is 10.0 Å². The van der Waals surface area contributed by atoms with E-state index in [0.29, 0.717) is 24.6 Å². The summed E-state index contributed by atoms with van der Waals surface area (Å²) in [4.78, 5) is 21.5. The number of carboxylic acid groups (broad SMARTS) is 1. The highest BCUT2D eigenvalue weighted by molar-refractivity contribution is 7.92. The number of hydrogen-bond donors (Lipinski definition) is 3. The minimum absolute atomic E-state index is 0.0192. The summed E-state index contributed by atoms with van der Waals surface area (Å²) in [7, 11) is -0.662. The first-order valence-corrected chi connectivity index (χ1v) is 11.7. The maximum atomic E-state index is 12.6. The lowest BCUT2D eigenvalue weighted by molar-refractivity contribution is -0.192. The minimum atomic E-state index is -5.08. The number of rotatable bonds is 9. The van der Waals surface area contributed by atoms with Crippen LogP contribution in [0.5, 0.6) is 5.75 Å². The number of halogens is 3. The number of carbonyl (C=O) groups is 2. The Morgan fingerprint density at radius 3 is 2.17 bits per heavy atom. The molecule has 0 aliphatic heterocycles. The van der Waals surface area contributed by atoms with E-state index >= 15 is 0 Å². The molecule has 1 saturated carbocycles. The third-order valence-corrected chi connectivity index (χ3v) is 6.44. The van der Waals surface area contributed by atoms with Gasteiger partial charge in [0, 0.05) is 25.4 Å². The summed E-state index contributed by atoms with van der Waals surface area (Å²) in [5, 5.41) is 10.0. The average molecular weight is 519 g/mol. The second kappa shape index (κ2) is 11.4. The summed E-state index contributed by atoms with van der Waals surface area (Å²) in [6.07, 6.45) is -3.53. The number of carboxylic acids is 1. The predicted octanol–water partition coefficient (Wildman–Crippen LogP) is 2.92. The van der Waals surface area contributed by atoms with Crippen LogP contribution in [0.2, 0.25) is 0 Å². The summed E-state index contributed by atoms with van der Waals surface area (Å²) in [5.41, 5.74) is 0.798. The van der Waals surface area contributed by atoms with Crippen molar-refractivity contribution < 1.29 is 45.8 Å². The first kappa shape index (κ1) is 27.9. The Labute approximate surface area is 200 Å². The number of hydrogen-bond acceptors (Lipinski definition) is 6. The zero-order valence-corrected chi connectivity index (χ0v) is 19.7. The van der Waals surface area contributed by atoms with Crippen LogP contribution in [0, 0.1) is 0 Å². The highest BCUT2D eigenvalue weighted by Gasteiger charge is 2.51. The molecule has 0 spiro atoms.